The van der Waals surface area contributed by atoms with Gasteiger partial charge < -0.3 is 10.1 Å². The van der Waals surface area contributed by atoms with Gasteiger partial charge >= 0.3 is 0 Å². The molecular formula is C18H22N2O4S. The number of methoxy groups -OCH3 is 1. The van der Waals surface area contributed by atoms with E-state index < -0.39 is 10.0 Å². The van der Waals surface area contributed by atoms with Crippen LogP contribution < -0.4 is 14.8 Å². The van der Waals surface area contributed by atoms with Gasteiger partial charge in [0.05, 0.1) is 17.7 Å². The van der Waals surface area contributed by atoms with E-state index in [1.165, 1.54) is 19.2 Å². The number of hydrogen-bond acceptors (Lipinski definition) is 4. The van der Waals surface area contributed by atoms with E-state index in [2.05, 4.69) is 10.0 Å². The van der Waals surface area contributed by atoms with Crippen LogP contribution in [0.1, 0.15) is 28.4 Å². The monoisotopic (exact) mass is 362 g/mol. The number of amides is 1. The molecule has 2 aromatic carbocycles. The predicted octanol–water partition coefficient (Wildman–Crippen LogP) is 2.86. The Morgan fingerprint density at radius 2 is 1.84 bits per heavy atom. The Bertz CT molecular complexity index is 892. The number of aryl methyl sites for hydroxylation is 2. The number of anilines is 1. The molecular weight excluding hydrogens is 340 g/mol. The molecule has 0 fully saturated rings. The zero-order chi connectivity index (χ0) is 18.6. The van der Waals surface area contributed by atoms with Gasteiger partial charge in [0.1, 0.15) is 5.75 Å². The van der Waals surface area contributed by atoms with Gasteiger partial charge in [-0.3, -0.25) is 9.52 Å². The summed E-state index contributed by atoms with van der Waals surface area (Å²) in [7, 11) is -2.39. The third-order valence-corrected chi connectivity index (χ3v) is 5.06. The molecule has 0 aromatic heterocycles. The Balaban J connectivity index is 2.42. The highest BCUT2D eigenvalue weighted by molar-refractivity contribution is 7.92. The van der Waals surface area contributed by atoms with E-state index >= 15 is 0 Å². The maximum atomic E-state index is 12.7. The molecule has 0 spiro atoms. The summed E-state index contributed by atoms with van der Waals surface area (Å²) in [6.07, 6.45) is 0. The molecule has 6 nitrogen and oxygen atoms in total. The fraction of sp³-hybridized carbons (Fsp3) is 0.278. The number of sulfonamides is 1. The van der Waals surface area contributed by atoms with Crippen molar-refractivity contribution in [1.29, 1.82) is 0 Å². The predicted molar refractivity (Wildman–Crippen MR) is 97.7 cm³/mol. The van der Waals surface area contributed by atoms with Crippen LogP contribution in [0, 0.1) is 13.8 Å². The van der Waals surface area contributed by atoms with Gasteiger partial charge in [-0.05, 0) is 56.2 Å². The Labute approximate surface area is 148 Å². The number of carbonyl (C=O) groups is 1. The molecule has 0 heterocycles. The van der Waals surface area contributed by atoms with Crippen LogP contribution in [-0.2, 0) is 10.0 Å². The highest BCUT2D eigenvalue weighted by atomic mass is 32.2. The van der Waals surface area contributed by atoms with Crippen molar-refractivity contribution in [3.63, 3.8) is 0 Å². The van der Waals surface area contributed by atoms with E-state index in [4.69, 9.17) is 4.74 Å². The van der Waals surface area contributed by atoms with Crippen molar-refractivity contribution < 1.29 is 17.9 Å². The number of benzene rings is 2. The summed E-state index contributed by atoms with van der Waals surface area (Å²) in [5.41, 5.74) is 2.28. The fourth-order valence-electron chi connectivity index (χ4n) is 2.37. The van der Waals surface area contributed by atoms with Crippen molar-refractivity contribution in [3.05, 3.63) is 53.1 Å². The van der Waals surface area contributed by atoms with Crippen molar-refractivity contribution in [2.75, 3.05) is 18.4 Å². The molecule has 134 valence electrons. The average Bonchev–Trinajstić information content (AvgIpc) is 2.55. The van der Waals surface area contributed by atoms with Crippen LogP contribution in [0.3, 0.4) is 0 Å². The molecule has 0 aliphatic carbocycles. The average molecular weight is 362 g/mol. The summed E-state index contributed by atoms with van der Waals surface area (Å²) in [5.74, 6) is 0.121. The molecule has 0 aliphatic rings. The van der Waals surface area contributed by atoms with Crippen LogP contribution >= 0.6 is 0 Å². The summed E-state index contributed by atoms with van der Waals surface area (Å²) in [6, 6.07) is 9.69. The maximum Gasteiger partial charge on any atom is 0.262 e. The van der Waals surface area contributed by atoms with E-state index in [1.807, 2.05) is 13.0 Å². The van der Waals surface area contributed by atoms with Crippen LogP contribution in [0.25, 0.3) is 0 Å². The Kier molecular flexibility index (Phi) is 5.69. The van der Waals surface area contributed by atoms with E-state index in [9.17, 15) is 13.2 Å². The van der Waals surface area contributed by atoms with Crippen LogP contribution in [0.5, 0.6) is 5.75 Å². The second-order valence-corrected chi connectivity index (χ2v) is 7.33. The minimum absolute atomic E-state index is 0.0166. The number of carbonyl (C=O) groups excluding carboxylic acids is 1. The zero-order valence-electron chi connectivity index (χ0n) is 14.7. The molecule has 2 rings (SSSR count). The Morgan fingerprint density at radius 3 is 2.48 bits per heavy atom. The first kappa shape index (κ1) is 18.8. The summed E-state index contributed by atoms with van der Waals surface area (Å²) < 4.78 is 33.2. The van der Waals surface area contributed by atoms with Gasteiger partial charge in [-0.15, -0.1) is 0 Å². The molecule has 0 bridgehead atoms. The van der Waals surface area contributed by atoms with Gasteiger partial charge in [-0.25, -0.2) is 8.42 Å². The molecule has 0 aliphatic heterocycles. The third kappa shape index (κ3) is 4.30. The first-order chi connectivity index (χ1) is 11.8. The third-order valence-electron chi connectivity index (χ3n) is 3.70. The van der Waals surface area contributed by atoms with Gasteiger partial charge in [0, 0.05) is 12.1 Å². The van der Waals surface area contributed by atoms with Crippen LogP contribution in [0.15, 0.2) is 41.3 Å². The highest BCUT2D eigenvalue weighted by Crippen LogP contribution is 2.28. The van der Waals surface area contributed by atoms with Crippen molar-refractivity contribution in [2.24, 2.45) is 0 Å². The molecule has 1 amide bonds. The number of nitrogens with one attached hydrogen (secondary N) is 2. The van der Waals surface area contributed by atoms with Gasteiger partial charge in [-0.2, -0.15) is 0 Å². The van der Waals surface area contributed by atoms with Gasteiger partial charge in [0.25, 0.3) is 15.9 Å². The minimum atomic E-state index is -3.86. The lowest BCUT2D eigenvalue weighted by Gasteiger charge is -2.14. The molecule has 2 N–H and O–H groups in total. The fourth-order valence-corrected chi connectivity index (χ4v) is 3.46. The van der Waals surface area contributed by atoms with Crippen molar-refractivity contribution in [2.45, 2.75) is 25.7 Å². The Morgan fingerprint density at radius 1 is 1.12 bits per heavy atom. The number of hydrogen-bond donors (Lipinski definition) is 2. The van der Waals surface area contributed by atoms with Crippen molar-refractivity contribution >= 4 is 21.6 Å². The normalized spacial score (nSPS) is 11.0. The first-order valence-electron chi connectivity index (χ1n) is 7.84. The molecule has 0 saturated heterocycles. The van der Waals surface area contributed by atoms with E-state index in [1.54, 1.807) is 32.0 Å². The maximum absolute atomic E-state index is 12.7. The molecule has 7 heteroatoms. The molecule has 25 heavy (non-hydrogen) atoms. The number of rotatable bonds is 6. The summed E-state index contributed by atoms with van der Waals surface area (Å²) >= 11 is 0. The standard InChI is InChI=1S/C18H22N2O4S/c1-5-19-18(21)15-11-14(8-7-13(15)3)25(22,23)20-16-10-12(2)6-9-17(16)24-4/h6-11,20H,5H2,1-4H3,(H,19,21). The second-order valence-electron chi connectivity index (χ2n) is 5.65. The van der Waals surface area contributed by atoms with Crippen LogP contribution in [-0.4, -0.2) is 28.0 Å². The molecule has 0 atom stereocenters. The minimum Gasteiger partial charge on any atom is -0.495 e. The lowest BCUT2D eigenvalue weighted by atomic mass is 10.1. The van der Waals surface area contributed by atoms with E-state index in [-0.39, 0.29) is 10.8 Å². The summed E-state index contributed by atoms with van der Waals surface area (Å²) in [4.78, 5) is 12.1. The van der Waals surface area contributed by atoms with Gasteiger partial charge in [0.15, 0.2) is 0 Å². The smallest absolute Gasteiger partial charge is 0.262 e. The van der Waals surface area contributed by atoms with Gasteiger partial charge in [0.2, 0.25) is 0 Å². The first-order valence-corrected chi connectivity index (χ1v) is 9.33. The largest absolute Gasteiger partial charge is 0.495 e. The van der Waals surface area contributed by atoms with E-state index in [0.717, 1.165) is 5.56 Å². The van der Waals surface area contributed by atoms with E-state index in [0.29, 0.717) is 29.1 Å². The molecule has 0 saturated carbocycles. The molecule has 0 unspecified atom stereocenters. The van der Waals surface area contributed by atoms with Crippen molar-refractivity contribution in [1.82, 2.24) is 5.32 Å². The molecule has 2 aromatic rings. The SMILES string of the molecule is CCNC(=O)c1cc(S(=O)(=O)Nc2cc(C)ccc2OC)ccc1C. The summed E-state index contributed by atoms with van der Waals surface area (Å²) in [6.45, 7) is 5.89. The zero-order valence-corrected chi connectivity index (χ0v) is 15.5. The van der Waals surface area contributed by atoms with Crippen LogP contribution in [0.4, 0.5) is 5.69 Å². The van der Waals surface area contributed by atoms with Crippen molar-refractivity contribution in [3.8, 4) is 5.75 Å². The Hall–Kier alpha value is -2.54. The van der Waals surface area contributed by atoms with Crippen LogP contribution in [0.2, 0.25) is 0 Å². The highest BCUT2D eigenvalue weighted by Gasteiger charge is 2.19. The topological polar surface area (TPSA) is 84.5 Å². The molecule has 0 radical (unpaired) electrons. The lowest BCUT2D eigenvalue weighted by molar-refractivity contribution is 0.0955. The second kappa shape index (κ2) is 7.57. The van der Waals surface area contributed by atoms with Gasteiger partial charge in [-0.1, -0.05) is 12.1 Å². The quantitative estimate of drug-likeness (QED) is 0.827. The summed E-state index contributed by atoms with van der Waals surface area (Å²) in [5, 5.41) is 2.68. The number of ether oxygens (including phenoxy) is 1. The lowest BCUT2D eigenvalue weighted by Crippen LogP contribution is -2.24.